The van der Waals surface area contributed by atoms with E-state index >= 15 is 0 Å². The molecule has 22 heavy (non-hydrogen) atoms. The summed E-state index contributed by atoms with van der Waals surface area (Å²) in [7, 11) is 1.61. The molecule has 0 aliphatic carbocycles. The molecule has 0 saturated heterocycles. The Morgan fingerprint density at radius 2 is 1.77 bits per heavy atom. The molecular weight excluding hydrogens is 278 g/mol. The number of hydrogen-bond acceptors (Lipinski definition) is 3. The molecule has 0 unspecified atom stereocenters. The number of carbonyl (C=O) groups is 1. The Morgan fingerprint density at radius 3 is 2.55 bits per heavy atom. The van der Waals surface area contributed by atoms with Crippen LogP contribution in [0.4, 0.5) is 4.79 Å². The predicted octanol–water partition coefficient (Wildman–Crippen LogP) is 2.15. The van der Waals surface area contributed by atoms with Crippen LogP contribution >= 0.6 is 0 Å². The molecule has 0 spiro atoms. The Hall–Kier alpha value is -2.53. The fraction of sp³-hybridized carbons (Fsp3) is 0.235. The summed E-state index contributed by atoms with van der Waals surface area (Å²) in [5.41, 5.74) is 8.61. The van der Waals surface area contributed by atoms with E-state index in [2.05, 4.69) is 10.6 Å². The van der Waals surface area contributed by atoms with Gasteiger partial charge in [-0.15, -0.1) is 0 Å². The highest BCUT2D eigenvalue weighted by atomic mass is 16.5. The molecule has 0 fully saturated rings. The largest absolute Gasteiger partial charge is 0.496 e. The van der Waals surface area contributed by atoms with Gasteiger partial charge in [-0.1, -0.05) is 42.5 Å². The zero-order valence-corrected chi connectivity index (χ0v) is 12.6. The van der Waals surface area contributed by atoms with Crippen molar-refractivity contribution < 1.29 is 9.53 Å². The first-order valence-electron chi connectivity index (χ1n) is 7.14. The number of benzene rings is 2. The van der Waals surface area contributed by atoms with Gasteiger partial charge in [-0.25, -0.2) is 4.79 Å². The van der Waals surface area contributed by atoms with Crippen molar-refractivity contribution in [3.8, 4) is 5.75 Å². The number of nitrogens with one attached hydrogen (secondary N) is 2. The van der Waals surface area contributed by atoms with E-state index in [-0.39, 0.29) is 6.03 Å². The van der Waals surface area contributed by atoms with E-state index in [0.29, 0.717) is 19.6 Å². The minimum absolute atomic E-state index is 0.218. The van der Waals surface area contributed by atoms with Gasteiger partial charge in [0.15, 0.2) is 0 Å². The molecule has 0 aliphatic rings. The third-order valence-electron chi connectivity index (χ3n) is 3.31. The molecule has 0 saturated carbocycles. The number of carbonyl (C=O) groups excluding carboxylic acids is 1. The van der Waals surface area contributed by atoms with Gasteiger partial charge in [-0.3, -0.25) is 0 Å². The number of methoxy groups -OCH3 is 1. The molecule has 2 aromatic rings. The summed E-state index contributed by atoms with van der Waals surface area (Å²) in [6.07, 6.45) is 0. The van der Waals surface area contributed by atoms with Crippen LogP contribution in [0.15, 0.2) is 48.5 Å². The van der Waals surface area contributed by atoms with Crippen LogP contribution in [-0.4, -0.2) is 13.1 Å². The van der Waals surface area contributed by atoms with Gasteiger partial charge in [0.25, 0.3) is 0 Å². The molecule has 0 bridgehead atoms. The van der Waals surface area contributed by atoms with E-state index in [4.69, 9.17) is 10.5 Å². The Labute approximate surface area is 130 Å². The maximum absolute atomic E-state index is 11.9. The van der Waals surface area contributed by atoms with Gasteiger partial charge in [-0.2, -0.15) is 0 Å². The lowest BCUT2D eigenvalue weighted by atomic mass is 10.1. The van der Waals surface area contributed by atoms with Gasteiger partial charge in [0.2, 0.25) is 0 Å². The number of rotatable bonds is 6. The van der Waals surface area contributed by atoms with Crippen LogP contribution in [0, 0.1) is 0 Å². The predicted molar refractivity (Wildman–Crippen MR) is 86.4 cm³/mol. The first kappa shape index (κ1) is 15.9. The SMILES string of the molecule is COc1ccccc1CNC(=O)NCc1cccc(CN)c1. The number of ether oxygens (including phenoxy) is 1. The summed E-state index contributed by atoms with van der Waals surface area (Å²) in [6.45, 7) is 1.37. The zero-order valence-electron chi connectivity index (χ0n) is 12.6. The standard InChI is InChI=1S/C17H21N3O2/c1-22-16-8-3-2-7-15(16)12-20-17(21)19-11-14-6-4-5-13(9-14)10-18/h2-9H,10-12,18H2,1H3,(H2,19,20,21). The van der Waals surface area contributed by atoms with Gasteiger partial charge in [0.1, 0.15) is 5.75 Å². The topological polar surface area (TPSA) is 76.4 Å². The number of amides is 2. The Kier molecular flexibility index (Phi) is 5.80. The lowest BCUT2D eigenvalue weighted by Gasteiger charge is -2.11. The quantitative estimate of drug-likeness (QED) is 0.765. The molecule has 5 nitrogen and oxygen atoms in total. The van der Waals surface area contributed by atoms with E-state index in [9.17, 15) is 4.79 Å². The zero-order chi connectivity index (χ0) is 15.8. The molecule has 0 aliphatic heterocycles. The average Bonchev–Trinajstić information content (AvgIpc) is 2.58. The molecule has 2 aromatic carbocycles. The van der Waals surface area contributed by atoms with Crippen molar-refractivity contribution in [1.82, 2.24) is 10.6 Å². The Balaban J connectivity index is 1.83. The maximum atomic E-state index is 11.9. The van der Waals surface area contributed by atoms with Crippen molar-refractivity contribution >= 4 is 6.03 Å². The van der Waals surface area contributed by atoms with Crippen molar-refractivity contribution in [1.29, 1.82) is 0 Å². The summed E-state index contributed by atoms with van der Waals surface area (Å²) in [4.78, 5) is 11.9. The smallest absolute Gasteiger partial charge is 0.315 e. The minimum Gasteiger partial charge on any atom is -0.496 e. The number of nitrogens with two attached hydrogens (primary N) is 1. The molecular formula is C17H21N3O2. The van der Waals surface area contributed by atoms with Crippen molar-refractivity contribution in [2.24, 2.45) is 5.73 Å². The van der Waals surface area contributed by atoms with E-state index in [1.54, 1.807) is 7.11 Å². The summed E-state index contributed by atoms with van der Waals surface area (Å²) >= 11 is 0. The maximum Gasteiger partial charge on any atom is 0.315 e. The monoisotopic (exact) mass is 299 g/mol. The molecule has 116 valence electrons. The van der Waals surface area contributed by atoms with E-state index in [1.807, 2.05) is 48.5 Å². The van der Waals surface area contributed by atoms with Crippen LogP contribution in [0.3, 0.4) is 0 Å². The van der Waals surface area contributed by atoms with Crippen LogP contribution in [0.25, 0.3) is 0 Å². The highest BCUT2D eigenvalue weighted by Crippen LogP contribution is 2.16. The molecule has 0 aromatic heterocycles. The van der Waals surface area contributed by atoms with Gasteiger partial charge in [0.05, 0.1) is 7.11 Å². The van der Waals surface area contributed by atoms with Gasteiger partial charge in [-0.05, 0) is 17.2 Å². The first-order valence-corrected chi connectivity index (χ1v) is 7.14. The van der Waals surface area contributed by atoms with E-state index in [1.165, 1.54) is 0 Å². The molecule has 2 amide bonds. The highest BCUT2D eigenvalue weighted by Gasteiger charge is 2.04. The normalized spacial score (nSPS) is 10.1. The van der Waals surface area contributed by atoms with Crippen LogP contribution in [0.1, 0.15) is 16.7 Å². The van der Waals surface area contributed by atoms with E-state index in [0.717, 1.165) is 22.4 Å². The second-order valence-corrected chi connectivity index (χ2v) is 4.87. The summed E-state index contributed by atoms with van der Waals surface area (Å²) in [5.74, 6) is 0.762. The highest BCUT2D eigenvalue weighted by molar-refractivity contribution is 5.73. The second kappa shape index (κ2) is 8.05. The molecule has 0 atom stereocenters. The van der Waals surface area contributed by atoms with Gasteiger partial charge < -0.3 is 21.1 Å². The van der Waals surface area contributed by atoms with Crippen molar-refractivity contribution in [3.63, 3.8) is 0 Å². The van der Waals surface area contributed by atoms with Gasteiger partial charge in [0, 0.05) is 25.2 Å². The number of urea groups is 1. The van der Waals surface area contributed by atoms with E-state index < -0.39 is 0 Å². The third-order valence-corrected chi connectivity index (χ3v) is 3.31. The average molecular weight is 299 g/mol. The van der Waals surface area contributed by atoms with Crippen LogP contribution in [-0.2, 0) is 19.6 Å². The van der Waals surface area contributed by atoms with Crippen molar-refractivity contribution in [2.75, 3.05) is 7.11 Å². The molecule has 5 heteroatoms. The van der Waals surface area contributed by atoms with Crippen molar-refractivity contribution in [3.05, 3.63) is 65.2 Å². The number of hydrogen-bond donors (Lipinski definition) is 3. The second-order valence-electron chi connectivity index (χ2n) is 4.87. The summed E-state index contributed by atoms with van der Waals surface area (Å²) < 4.78 is 5.25. The molecule has 4 N–H and O–H groups in total. The molecule has 0 radical (unpaired) electrons. The molecule has 0 heterocycles. The Bertz CT molecular complexity index is 629. The number of para-hydroxylation sites is 1. The lowest BCUT2D eigenvalue weighted by Crippen LogP contribution is -2.34. The summed E-state index contributed by atoms with van der Waals surface area (Å²) in [5, 5.41) is 5.64. The molecule has 2 rings (SSSR count). The van der Waals surface area contributed by atoms with Crippen molar-refractivity contribution in [2.45, 2.75) is 19.6 Å². The summed E-state index contributed by atoms with van der Waals surface area (Å²) in [6, 6.07) is 15.2. The lowest BCUT2D eigenvalue weighted by molar-refractivity contribution is 0.240. The third kappa shape index (κ3) is 4.49. The van der Waals surface area contributed by atoms with Gasteiger partial charge >= 0.3 is 6.03 Å². The van der Waals surface area contributed by atoms with Crippen LogP contribution < -0.4 is 21.1 Å². The Morgan fingerprint density at radius 1 is 1.05 bits per heavy atom. The first-order chi connectivity index (χ1) is 10.7. The van der Waals surface area contributed by atoms with Crippen LogP contribution in [0.2, 0.25) is 0 Å². The minimum atomic E-state index is -0.218. The fourth-order valence-electron chi connectivity index (χ4n) is 2.14. The van der Waals surface area contributed by atoms with Crippen LogP contribution in [0.5, 0.6) is 5.75 Å². The fourth-order valence-corrected chi connectivity index (χ4v) is 2.14.